The van der Waals surface area contributed by atoms with E-state index in [0.29, 0.717) is 6.04 Å². The van der Waals surface area contributed by atoms with Gasteiger partial charge in [0.1, 0.15) is 0 Å². The van der Waals surface area contributed by atoms with Gasteiger partial charge in [0.2, 0.25) is 0 Å². The zero-order valence-corrected chi connectivity index (χ0v) is 13.6. The molecule has 1 aromatic heterocycles. The number of nitrogens with one attached hydrogen (secondary N) is 1. The largest absolute Gasteiger partial charge is 0.348 e. The van der Waals surface area contributed by atoms with E-state index in [9.17, 15) is 0 Å². The highest BCUT2D eigenvalue weighted by molar-refractivity contribution is 7.15. The number of thiazole rings is 1. The quantitative estimate of drug-likeness (QED) is 0.916. The SMILES string of the molecule is CCNC1CCCc2sc(N3CCC(CC)CC3)nc21. The summed E-state index contributed by atoms with van der Waals surface area (Å²) in [5, 5.41) is 4.89. The number of piperidine rings is 1. The fourth-order valence-electron chi connectivity index (χ4n) is 3.52. The first kappa shape index (κ1) is 14.3. The van der Waals surface area contributed by atoms with Gasteiger partial charge in [-0.3, -0.25) is 0 Å². The van der Waals surface area contributed by atoms with Gasteiger partial charge >= 0.3 is 0 Å². The van der Waals surface area contributed by atoms with Crippen molar-refractivity contribution in [3.8, 4) is 0 Å². The van der Waals surface area contributed by atoms with Gasteiger partial charge in [0.05, 0.1) is 11.7 Å². The third-order valence-electron chi connectivity index (χ3n) is 4.86. The van der Waals surface area contributed by atoms with Crippen molar-refractivity contribution in [3.63, 3.8) is 0 Å². The van der Waals surface area contributed by atoms with Crippen molar-refractivity contribution in [2.45, 2.75) is 58.4 Å². The number of aromatic nitrogens is 1. The van der Waals surface area contributed by atoms with E-state index in [1.54, 1.807) is 0 Å². The number of anilines is 1. The first-order valence-corrected chi connectivity index (χ1v) is 9.11. The van der Waals surface area contributed by atoms with Crippen LogP contribution in [0.1, 0.15) is 62.6 Å². The maximum atomic E-state index is 5.01. The van der Waals surface area contributed by atoms with Crippen molar-refractivity contribution in [1.29, 1.82) is 0 Å². The maximum Gasteiger partial charge on any atom is 0.185 e. The van der Waals surface area contributed by atoms with E-state index in [0.717, 1.165) is 12.5 Å². The van der Waals surface area contributed by atoms with Gasteiger partial charge in [-0.2, -0.15) is 0 Å². The van der Waals surface area contributed by atoms with Crippen LogP contribution in [0.25, 0.3) is 0 Å². The molecule has 112 valence electrons. The van der Waals surface area contributed by atoms with E-state index in [-0.39, 0.29) is 0 Å². The minimum Gasteiger partial charge on any atom is -0.348 e. The van der Waals surface area contributed by atoms with Crippen LogP contribution in [0.15, 0.2) is 0 Å². The summed E-state index contributed by atoms with van der Waals surface area (Å²) in [5.41, 5.74) is 1.36. The highest BCUT2D eigenvalue weighted by atomic mass is 32.1. The van der Waals surface area contributed by atoms with Crippen molar-refractivity contribution in [3.05, 3.63) is 10.6 Å². The van der Waals surface area contributed by atoms with Gasteiger partial charge < -0.3 is 10.2 Å². The summed E-state index contributed by atoms with van der Waals surface area (Å²) >= 11 is 1.96. The lowest BCUT2D eigenvalue weighted by Crippen LogP contribution is -2.33. The Balaban J connectivity index is 1.72. The zero-order chi connectivity index (χ0) is 13.9. The number of nitrogens with zero attached hydrogens (tertiary/aromatic N) is 2. The molecule has 0 aromatic carbocycles. The van der Waals surface area contributed by atoms with Crippen LogP contribution in [-0.2, 0) is 6.42 Å². The minimum absolute atomic E-state index is 0.502. The van der Waals surface area contributed by atoms with Crippen LogP contribution in [0, 0.1) is 5.92 Å². The number of fused-ring (bicyclic) bond motifs is 1. The predicted octanol–water partition coefficient (Wildman–Crippen LogP) is 3.76. The first-order valence-electron chi connectivity index (χ1n) is 8.29. The van der Waals surface area contributed by atoms with Gasteiger partial charge in [-0.1, -0.05) is 20.3 Å². The third kappa shape index (κ3) is 2.86. The Hall–Kier alpha value is -0.610. The van der Waals surface area contributed by atoms with Crippen LogP contribution in [0.2, 0.25) is 0 Å². The highest BCUT2D eigenvalue weighted by Crippen LogP contribution is 2.37. The monoisotopic (exact) mass is 293 g/mol. The molecule has 0 spiro atoms. The summed E-state index contributed by atoms with van der Waals surface area (Å²) in [4.78, 5) is 9.07. The first-order chi connectivity index (χ1) is 9.81. The van der Waals surface area contributed by atoms with E-state index < -0.39 is 0 Å². The van der Waals surface area contributed by atoms with Crippen LogP contribution >= 0.6 is 11.3 Å². The Morgan fingerprint density at radius 1 is 1.25 bits per heavy atom. The molecule has 0 bridgehead atoms. The van der Waals surface area contributed by atoms with Crippen molar-refractivity contribution in [2.75, 3.05) is 24.5 Å². The smallest absolute Gasteiger partial charge is 0.185 e. The molecule has 4 heteroatoms. The van der Waals surface area contributed by atoms with Crippen molar-refractivity contribution in [2.24, 2.45) is 5.92 Å². The molecule has 1 aliphatic heterocycles. The normalized spacial score (nSPS) is 23.9. The molecule has 2 aliphatic rings. The topological polar surface area (TPSA) is 28.2 Å². The van der Waals surface area contributed by atoms with E-state index in [4.69, 9.17) is 4.98 Å². The van der Waals surface area contributed by atoms with E-state index >= 15 is 0 Å². The second kappa shape index (κ2) is 6.44. The van der Waals surface area contributed by atoms with Crippen LogP contribution in [0.4, 0.5) is 5.13 Å². The predicted molar refractivity (Wildman–Crippen MR) is 86.7 cm³/mol. The van der Waals surface area contributed by atoms with Crippen molar-refractivity contribution >= 4 is 16.5 Å². The molecular weight excluding hydrogens is 266 g/mol. The van der Waals surface area contributed by atoms with Crippen molar-refractivity contribution in [1.82, 2.24) is 10.3 Å². The zero-order valence-electron chi connectivity index (χ0n) is 12.8. The Morgan fingerprint density at radius 3 is 2.75 bits per heavy atom. The fourth-order valence-corrected chi connectivity index (χ4v) is 4.73. The molecule has 1 aromatic rings. The molecule has 1 aliphatic carbocycles. The fraction of sp³-hybridized carbons (Fsp3) is 0.812. The summed E-state index contributed by atoms with van der Waals surface area (Å²) in [6, 6.07) is 0.502. The van der Waals surface area contributed by atoms with Crippen LogP contribution in [0.5, 0.6) is 0 Å². The molecule has 1 fully saturated rings. The average Bonchev–Trinajstić information content (AvgIpc) is 2.93. The standard InChI is InChI=1S/C16H27N3S/c1-3-12-8-10-19(11-9-12)16-18-15-13(17-4-2)6-5-7-14(15)20-16/h12-13,17H,3-11H2,1-2H3. The lowest BCUT2D eigenvalue weighted by molar-refractivity contribution is 0.394. The number of hydrogen-bond acceptors (Lipinski definition) is 4. The number of aryl methyl sites for hydroxylation is 1. The molecule has 3 nitrogen and oxygen atoms in total. The second-order valence-electron chi connectivity index (χ2n) is 6.15. The van der Waals surface area contributed by atoms with Crippen molar-refractivity contribution < 1.29 is 0 Å². The molecule has 20 heavy (non-hydrogen) atoms. The molecule has 1 unspecified atom stereocenters. The lowest BCUT2D eigenvalue weighted by atomic mass is 9.95. The van der Waals surface area contributed by atoms with Crippen LogP contribution in [0.3, 0.4) is 0 Å². The van der Waals surface area contributed by atoms with Gasteiger partial charge in [-0.15, -0.1) is 11.3 Å². The Labute approximate surface area is 126 Å². The Kier molecular flexibility index (Phi) is 4.61. The minimum atomic E-state index is 0.502. The highest BCUT2D eigenvalue weighted by Gasteiger charge is 2.27. The summed E-state index contributed by atoms with van der Waals surface area (Å²) in [6.45, 7) is 7.97. The lowest BCUT2D eigenvalue weighted by Gasteiger charge is -2.31. The molecule has 1 saturated heterocycles. The number of hydrogen-bond donors (Lipinski definition) is 1. The summed E-state index contributed by atoms with van der Waals surface area (Å²) in [7, 11) is 0. The maximum absolute atomic E-state index is 5.01. The molecule has 1 N–H and O–H groups in total. The van der Waals surface area contributed by atoms with Gasteiger partial charge in [-0.05, 0) is 44.6 Å². The summed E-state index contributed by atoms with van der Waals surface area (Å²) in [6.07, 6.45) is 7.83. The molecule has 0 saturated carbocycles. The third-order valence-corrected chi connectivity index (χ3v) is 6.05. The van der Waals surface area contributed by atoms with Gasteiger partial charge in [0, 0.05) is 18.0 Å². The van der Waals surface area contributed by atoms with Crippen LogP contribution < -0.4 is 10.2 Å². The van der Waals surface area contributed by atoms with E-state index in [1.807, 2.05) is 11.3 Å². The molecule has 1 atom stereocenters. The molecule has 0 amide bonds. The Bertz CT molecular complexity index is 435. The van der Waals surface area contributed by atoms with E-state index in [2.05, 4.69) is 24.1 Å². The molecular formula is C16H27N3S. The van der Waals surface area contributed by atoms with E-state index in [1.165, 1.54) is 67.3 Å². The average molecular weight is 293 g/mol. The molecule has 2 heterocycles. The second-order valence-corrected chi connectivity index (χ2v) is 7.21. The van der Waals surface area contributed by atoms with Gasteiger partial charge in [0.15, 0.2) is 5.13 Å². The summed E-state index contributed by atoms with van der Waals surface area (Å²) < 4.78 is 0. The van der Waals surface area contributed by atoms with Gasteiger partial charge in [0.25, 0.3) is 0 Å². The number of rotatable bonds is 4. The summed E-state index contributed by atoms with van der Waals surface area (Å²) in [5.74, 6) is 0.940. The van der Waals surface area contributed by atoms with Gasteiger partial charge in [-0.25, -0.2) is 4.98 Å². The Morgan fingerprint density at radius 2 is 2.05 bits per heavy atom. The van der Waals surface area contributed by atoms with Crippen LogP contribution in [-0.4, -0.2) is 24.6 Å². The molecule has 3 rings (SSSR count). The molecule has 0 radical (unpaired) electrons.